The molecule has 1 heterocycles. The lowest BCUT2D eigenvalue weighted by Gasteiger charge is -2.21. The number of amidine groups is 1. The second kappa shape index (κ2) is 6.55. The molecule has 2 unspecified atom stereocenters. The third kappa shape index (κ3) is 3.05. The fourth-order valence-electron chi connectivity index (χ4n) is 2.50. The van der Waals surface area contributed by atoms with Crippen LogP contribution in [0.3, 0.4) is 0 Å². The van der Waals surface area contributed by atoms with Crippen LogP contribution in [0.25, 0.3) is 0 Å². The summed E-state index contributed by atoms with van der Waals surface area (Å²) >= 11 is 8.96. The summed E-state index contributed by atoms with van der Waals surface area (Å²) in [5.41, 5.74) is 2.43. The summed E-state index contributed by atoms with van der Waals surface area (Å²) in [6.07, 6.45) is 2.05. The third-order valence-electron chi connectivity index (χ3n) is 3.51. The maximum absolute atomic E-state index is 4.85. The normalized spacial score (nSPS) is 21.0. The van der Waals surface area contributed by atoms with Crippen LogP contribution in [0.5, 0.6) is 0 Å². The van der Waals surface area contributed by atoms with Gasteiger partial charge in [0.25, 0.3) is 0 Å². The predicted octanol–water partition coefficient (Wildman–Crippen LogP) is 5.32. The zero-order valence-electron chi connectivity index (χ0n) is 11.4. The van der Waals surface area contributed by atoms with Crippen molar-refractivity contribution in [2.45, 2.75) is 12.1 Å². The Balaban J connectivity index is 2.05. The first-order chi connectivity index (χ1) is 10.2. The van der Waals surface area contributed by atoms with E-state index in [1.807, 2.05) is 18.4 Å². The van der Waals surface area contributed by atoms with E-state index >= 15 is 0 Å². The number of benzene rings is 2. The zero-order valence-corrected chi connectivity index (χ0v) is 15.4. The highest BCUT2D eigenvalue weighted by Crippen LogP contribution is 2.42. The van der Waals surface area contributed by atoms with Gasteiger partial charge in [0, 0.05) is 8.95 Å². The van der Waals surface area contributed by atoms with Crippen molar-refractivity contribution in [2.24, 2.45) is 4.99 Å². The third-order valence-corrected chi connectivity index (χ3v) is 5.56. The van der Waals surface area contributed by atoms with Crippen molar-refractivity contribution in [1.29, 1.82) is 0 Å². The zero-order chi connectivity index (χ0) is 14.8. The van der Waals surface area contributed by atoms with Crippen LogP contribution in [0.15, 0.2) is 62.5 Å². The molecule has 0 aliphatic carbocycles. The molecule has 2 atom stereocenters. The first kappa shape index (κ1) is 15.1. The number of hydrogen-bond acceptors (Lipinski definition) is 3. The molecule has 0 fully saturated rings. The van der Waals surface area contributed by atoms with E-state index in [1.54, 1.807) is 11.8 Å². The van der Waals surface area contributed by atoms with Crippen molar-refractivity contribution in [1.82, 2.24) is 5.32 Å². The molecule has 5 heteroatoms. The predicted molar refractivity (Wildman–Crippen MR) is 97.9 cm³/mol. The summed E-state index contributed by atoms with van der Waals surface area (Å²) in [6, 6.07) is 16.8. The second-order valence-electron chi connectivity index (χ2n) is 4.75. The summed E-state index contributed by atoms with van der Waals surface area (Å²) in [6.45, 7) is 0. The van der Waals surface area contributed by atoms with Gasteiger partial charge in [-0.2, -0.15) is 0 Å². The van der Waals surface area contributed by atoms with Gasteiger partial charge in [0.2, 0.25) is 0 Å². The molecule has 0 spiro atoms. The van der Waals surface area contributed by atoms with Crippen LogP contribution >= 0.6 is 43.6 Å². The number of rotatable bonds is 2. The van der Waals surface area contributed by atoms with Crippen molar-refractivity contribution in [3.8, 4) is 0 Å². The van der Waals surface area contributed by atoms with Gasteiger partial charge in [0.05, 0.1) is 6.04 Å². The Bertz CT molecular complexity index is 687. The number of halogens is 2. The second-order valence-corrected chi connectivity index (χ2v) is 7.25. The minimum Gasteiger partial charge on any atom is -0.356 e. The van der Waals surface area contributed by atoms with Crippen LogP contribution in [0.4, 0.5) is 0 Å². The van der Waals surface area contributed by atoms with Crippen molar-refractivity contribution in [3.63, 3.8) is 0 Å². The molecule has 108 valence electrons. The lowest BCUT2D eigenvalue weighted by molar-refractivity contribution is 0.569. The lowest BCUT2D eigenvalue weighted by Crippen LogP contribution is -2.22. The van der Waals surface area contributed by atoms with Crippen LogP contribution in [0, 0.1) is 0 Å². The van der Waals surface area contributed by atoms with Gasteiger partial charge in [-0.25, -0.2) is 0 Å². The average molecular weight is 426 g/mol. The Labute approximate surface area is 145 Å². The average Bonchev–Trinajstić information content (AvgIpc) is 2.92. The maximum Gasteiger partial charge on any atom is 0.157 e. The van der Waals surface area contributed by atoms with E-state index in [-0.39, 0.29) is 12.1 Å². The number of aliphatic imine (C=N–C) groups is 1. The summed E-state index contributed by atoms with van der Waals surface area (Å²) in [5, 5.41) is 4.52. The van der Waals surface area contributed by atoms with Gasteiger partial charge in [-0.05, 0) is 29.5 Å². The van der Waals surface area contributed by atoms with Gasteiger partial charge in [0.1, 0.15) is 6.04 Å². The highest BCUT2D eigenvalue weighted by Gasteiger charge is 2.33. The number of nitrogens with one attached hydrogen (secondary N) is 1. The molecule has 0 radical (unpaired) electrons. The molecule has 1 aliphatic heterocycles. The Morgan fingerprint density at radius 3 is 2.10 bits per heavy atom. The summed E-state index contributed by atoms with van der Waals surface area (Å²) in [5.74, 6) is 0. The molecule has 1 aliphatic rings. The van der Waals surface area contributed by atoms with E-state index in [0.29, 0.717) is 0 Å². The molecule has 0 aromatic heterocycles. The van der Waals surface area contributed by atoms with Crippen LogP contribution < -0.4 is 5.32 Å². The van der Waals surface area contributed by atoms with Gasteiger partial charge >= 0.3 is 0 Å². The molecule has 3 rings (SSSR count). The summed E-state index contributed by atoms with van der Waals surface area (Å²) < 4.78 is 2.21. The van der Waals surface area contributed by atoms with Gasteiger partial charge in [-0.1, -0.05) is 80.0 Å². The smallest absolute Gasteiger partial charge is 0.157 e. The number of thioether (sulfide) groups is 1. The monoisotopic (exact) mass is 424 g/mol. The SMILES string of the molecule is CSC1=NC(c2ccccc2Br)C(c2ccccc2Br)N1. The highest BCUT2D eigenvalue weighted by molar-refractivity contribution is 9.10. The quantitative estimate of drug-likeness (QED) is 0.704. The van der Waals surface area contributed by atoms with Crippen LogP contribution in [0.2, 0.25) is 0 Å². The van der Waals surface area contributed by atoms with E-state index in [4.69, 9.17) is 4.99 Å². The van der Waals surface area contributed by atoms with Gasteiger partial charge in [-0.15, -0.1) is 0 Å². The minimum atomic E-state index is 0.0710. The first-order valence-corrected chi connectivity index (χ1v) is 9.39. The Morgan fingerprint density at radius 1 is 0.952 bits per heavy atom. The highest BCUT2D eigenvalue weighted by atomic mass is 79.9. The van der Waals surface area contributed by atoms with E-state index in [1.165, 1.54) is 11.1 Å². The number of hydrogen-bond donors (Lipinski definition) is 1. The van der Waals surface area contributed by atoms with Gasteiger partial charge < -0.3 is 5.32 Å². The molecule has 2 aromatic rings. The van der Waals surface area contributed by atoms with Crippen molar-refractivity contribution in [3.05, 3.63) is 68.6 Å². The molecule has 0 bridgehead atoms. The van der Waals surface area contributed by atoms with Crippen LogP contribution in [-0.2, 0) is 0 Å². The van der Waals surface area contributed by atoms with Gasteiger partial charge in [-0.3, -0.25) is 4.99 Å². The van der Waals surface area contributed by atoms with Crippen LogP contribution in [0.1, 0.15) is 23.2 Å². The topological polar surface area (TPSA) is 24.4 Å². The Kier molecular flexibility index (Phi) is 4.72. The summed E-state index contributed by atoms with van der Waals surface area (Å²) in [4.78, 5) is 4.85. The fraction of sp³-hybridized carbons (Fsp3) is 0.188. The van der Waals surface area contributed by atoms with E-state index in [9.17, 15) is 0 Å². The summed E-state index contributed by atoms with van der Waals surface area (Å²) in [7, 11) is 0. The molecular weight excluding hydrogens is 412 g/mol. The van der Waals surface area contributed by atoms with E-state index in [2.05, 4.69) is 73.6 Å². The van der Waals surface area contributed by atoms with Gasteiger partial charge in [0.15, 0.2) is 5.17 Å². The molecular formula is C16H14Br2N2S. The molecule has 0 amide bonds. The fourth-order valence-corrected chi connectivity index (χ4v) is 4.02. The Hall–Kier alpha value is -0.780. The molecule has 1 N–H and O–H groups in total. The largest absolute Gasteiger partial charge is 0.356 e. The standard InChI is InChI=1S/C16H14Br2N2S/c1-21-16-19-14(10-6-2-4-8-12(10)17)15(20-16)11-7-3-5-9-13(11)18/h2-9,14-15H,1H3,(H,19,20). The number of nitrogens with zero attached hydrogens (tertiary/aromatic N) is 1. The van der Waals surface area contributed by atoms with Crippen molar-refractivity contribution in [2.75, 3.05) is 6.26 Å². The first-order valence-electron chi connectivity index (χ1n) is 6.58. The molecule has 0 saturated heterocycles. The Morgan fingerprint density at radius 2 is 1.52 bits per heavy atom. The minimum absolute atomic E-state index is 0.0710. The van der Waals surface area contributed by atoms with Crippen molar-refractivity contribution >= 4 is 48.8 Å². The van der Waals surface area contributed by atoms with E-state index < -0.39 is 0 Å². The lowest BCUT2D eigenvalue weighted by atomic mass is 9.95. The molecule has 0 saturated carbocycles. The van der Waals surface area contributed by atoms with Crippen LogP contribution in [-0.4, -0.2) is 11.4 Å². The van der Waals surface area contributed by atoms with Crippen molar-refractivity contribution < 1.29 is 0 Å². The maximum atomic E-state index is 4.85. The molecule has 2 nitrogen and oxygen atoms in total. The molecule has 2 aromatic carbocycles. The van der Waals surface area contributed by atoms with E-state index in [0.717, 1.165) is 14.1 Å². The molecule has 21 heavy (non-hydrogen) atoms.